The number of benzene rings is 1. The minimum absolute atomic E-state index is 0.140. The molecule has 2 nitrogen and oxygen atoms in total. The lowest BCUT2D eigenvalue weighted by atomic mass is 9.65. The van der Waals surface area contributed by atoms with E-state index in [0.29, 0.717) is 25.2 Å². The number of carbonyl (C=O) groups is 1. The van der Waals surface area contributed by atoms with E-state index in [9.17, 15) is 4.79 Å². The number of aryl methyl sites for hydroxylation is 1. The second kappa shape index (κ2) is 5.01. The second-order valence-electron chi connectivity index (χ2n) is 5.44. The first-order chi connectivity index (χ1) is 8.13. The molecule has 0 atom stereocenters. The summed E-state index contributed by atoms with van der Waals surface area (Å²) in [5.74, 6) is 0.334. The highest BCUT2D eigenvalue weighted by Crippen LogP contribution is 2.43. The van der Waals surface area contributed by atoms with Crippen LogP contribution in [0.2, 0.25) is 0 Å². The van der Waals surface area contributed by atoms with Crippen LogP contribution in [0.25, 0.3) is 0 Å². The molecule has 1 aliphatic carbocycles. The van der Waals surface area contributed by atoms with Crippen molar-refractivity contribution in [1.82, 2.24) is 0 Å². The Morgan fingerprint density at radius 1 is 1.41 bits per heavy atom. The second-order valence-corrected chi connectivity index (χ2v) is 5.44. The number of nitrogens with two attached hydrogens (primary N) is 1. The predicted molar refractivity (Wildman–Crippen MR) is 69.8 cm³/mol. The van der Waals surface area contributed by atoms with Crippen molar-refractivity contribution in [1.29, 1.82) is 0 Å². The van der Waals surface area contributed by atoms with Gasteiger partial charge in [0.25, 0.3) is 0 Å². The van der Waals surface area contributed by atoms with Gasteiger partial charge in [0.1, 0.15) is 5.78 Å². The highest BCUT2D eigenvalue weighted by Gasteiger charge is 2.37. The molecule has 1 fully saturated rings. The van der Waals surface area contributed by atoms with Crippen molar-refractivity contribution >= 4 is 5.78 Å². The zero-order chi connectivity index (χ0) is 12.3. The Hall–Kier alpha value is -1.15. The van der Waals surface area contributed by atoms with Crippen LogP contribution < -0.4 is 5.73 Å². The van der Waals surface area contributed by atoms with Gasteiger partial charge in [-0.1, -0.05) is 36.2 Å². The van der Waals surface area contributed by atoms with Gasteiger partial charge in [-0.05, 0) is 37.3 Å². The molecule has 0 bridgehead atoms. The van der Waals surface area contributed by atoms with Gasteiger partial charge >= 0.3 is 0 Å². The summed E-state index contributed by atoms with van der Waals surface area (Å²) in [4.78, 5) is 12.0. The molecule has 2 N–H and O–H groups in total. The molecule has 0 radical (unpaired) electrons. The summed E-state index contributed by atoms with van der Waals surface area (Å²) >= 11 is 0. The van der Waals surface area contributed by atoms with E-state index in [1.165, 1.54) is 12.0 Å². The monoisotopic (exact) mass is 231 g/mol. The lowest BCUT2D eigenvalue weighted by molar-refractivity contribution is -0.122. The maximum absolute atomic E-state index is 12.0. The van der Waals surface area contributed by atoms with Crippen molar-refractivity contribution in [2.45, 2.75) is 39.0 Å². The molecule has 0 amide bonds. The molecule has 2 rings (SSSR count). The van der Waals surface area contributed by atoms with Crippen LogP contribution in [0.3, 0.4) is 0 Å². The quantitative estimate of drug-likeness (QED) is 0.846. The summed E-state index contributed by atoms with van der Waals surface area (Å²) in [7, 11) is 0. The summed E-state index contributed by atoms with van der Waals surface area (Å²) in [6.45, 7) is 2.72. The molecule has 0 aromatic heterocycles. The molecule has 0 spiro atoms. The molecule has 92 valence electrons. The fourth-order valence-corrected chi connectivity index (χ4v) is 2.66. The van der Waals surface area contributed by atoms with Gasteiger partial charge < -0.3 is 5.73 Å². The Balaban J connectivity index is 1.93. The fraction of sp³-hybridized carbons (Fsp3) is 0.533. The third-order valence-corrected chi connectivity index (χ3v) is 3.90. The maximum Gasteiger partial charge on any atom is 0.137 e. The normalized spacial score (nSPS) is 17.5. The van der Waals surface area contributed by atoms with Gasteiger partial charge in [0.2, 0.25) is 0 Å². The van der Waals surface area contributed by atoms with Crippen molar-refractivity contribution in [3.05, 3.63) is 35.4 Å². The highest BCUT2D eigenvalue weighted by atomic mass is 16.1. The van der Waals surface area contributed by atoms with Gasteiger partial charge in [0.15, 0.2) is 0 Å². The van der Waals surface area contributed by atoms with E-state index in [1.807, 2.05) is 12.1 Å². The molecular weight excluding hydrogens is 210 g/mol. The van der Waals surface area contributed by atoms with Crippen LogP contribution >= 0.6 is 0 Å². The Kier molecular flexibility index (Phi) is 3.63. The van der Waals surface area contributed by atoms with Crippen LogP contribution in [0.5, 0.6) is 0 Å². The van der Waals surface area contributed by atoms with Gasteiger partial charge in [-0.25, -0.2) is 0 Å². The van der Waals surface area contributed by atoms with E-state index < -0.39 is 0 Å². The predicted octanol–water partition coefficient (Wildman–Crippen LogP) is 2.63. The smallest absolute Gasteiger partial charge is 0.137 e. The average Bonchev–Trinajstić information content (AvgIpc) is 2.23. The van der Waals surface area contributed by atoms with Crippen molar-refractivity contribution in [3.63, 3.8) is 0 Å². The number of Topliss-reactive ketones (excluding diaryl/α,β-unsaturated/α-hetero) is 1. The van der Waals surface area contributed by atoms with Crippen LogP contribution in [0.1, 0.15) is 36.8 Å². The lowest BCUT2D eigenvalue weighted by Gasteiger charge is -2.40. The Bertz CT molecular complexity index is 402. The number of hydrogen-bond donors (Lipinski definition) is 1. The van der Waals surface area contributed by atoms with E-state index in [-0.39, 0.29) is 5.41 Å². The van der Waals surface area contributed by atoms with Crippen LogP contribution in [0.15, 0.2) is 24.3 Å². The minimum Gasteiger partial charge on any atom is -0.330 e. The number of rotatable bonds is 5. The first-order valence-electron chi connectivity index (χ1n) is 6.41. The molecule has 0 heterocycles. The Labute approximate surface area is 103 Å². The van der Waals surface area contributed by atoms with Gasteiger partial charge in [0.05, 0.1) is 0 Å². The summed E-state index contributed by atoms with van der Waals surface area (Å²) in [5, 5.41) is 0. The van der Waals surface area contributed by atoms with Crippen LogP contribution in [-0.4, -0.2) is 12.3 Å². The zero-order valence-electron chi connectivity index (χ0n) is 10.5. The van der Waals surface area contributed by atoms with Gasteiger partial charge in [-0.2, -0.15) is 0 Å². The topological polar surface area (TPSA) is 43.1 Å². The van der Waals surface area contributed by atoms with E-state index in [4.69, 9.17) is 5.73 Å². The summed E-state index contributed by atoms with van der Waals surface area (Å²) in [6, 6.07) is 8.19. The molecule has 1 aliphatic rings. The van der Waals surface area contributed by atoms with Gasteiger partial charge in [-0.15, -0.1) is 0 Å². The van der Waals surface area contributed by atoms with E-state index >= 15 is 0 Å². The Morgan fingerprint density at radius 3 is 2.71 bits per heavy atom. The van der Waals surface area contributed by atoms with Crippen molar-refractivity contribution in [3.8, 4) is 0 Å². The van der Waals surface area contributed by atoms with Crippen molar-refractivity contribution in [2.75, 3.05) is 6.54 Å². The molecule has 0 saturated heterocycles. The van der Waals surface area contributed by atoms with E-state index in [0.717, 1.165) is 18.4 Å². The summed E-state index contributed by atoms with van der Waals surface area (Å²) in [6.07, 6.45) is 4.71. The first kappa shape index (κ1) is 12.3. The van der Waals surface area contributed by atoms with Crippen LogP contribution in [0, 0.1) is 12.3 Å². The summed E-state index contributed by atoms with van der Waals surface area (Å²) < 4.78 is 0. The third kappa shape index (κ3) is 2.95. The largest absolute Gasteiger partial charge is 0.330 e. The standard InChI is InChI=1S/C15H21NO/c1-12-4-2-5-13(8-12)9-14(17)10-15(11-16)6-3-7-15/h2,4-5,8H,3,6-7,9-11,16H2,1H3. The maximum atomic E-state index is 12.0. The number of hydrogen-bond acceptors (Lipinski definition) is 2. The molecule has 17 heavy (non-hydrogen) atoms. The number of carbonyl (C=O) groups excluding carboxylic acids is 1. The molecule has 2 heteroatoms. The SMILES string of the molecule is Cc1cccc(CC(=O)CC2(CN)CCC2)c1. The van der Waals surface area contributed by atoms with Crippen LogP contribution in [-0.2, 0) is 11.2 Å². The van der Waals surface area contributed by atoms with Gasteiger partial charge in [-0.3, -0.25) is 4.79 Å². The first-order valence-corrected chi connectivity index (χ1v) is 6.41. The molecule has 1 saturated carbocycles. The molecule has 0 aliphatic heterocycles. The minimum atomic E-state index is 0.140. The van der Waals surface area contributed by atoms with Gasteiger partial charge in [0, 0.05) is 12.8 Å². The van der Waals surface area contributed by atoms with E-state index in [1.54, 1.807) is 0 Å². The molecule has 1 aromatic carbocycles. The summed E-state index contributed by atoms with van der Waals surface area (Å²) in [5.41, 5.74) is 8.26. The fourth-order valence-electron chi connectivity index (χ4n) is 2.66. The van der Waals surface area contributed by atoms with E-state index in [2.05, 4.69) is 19.1 Å². The number of ketones is 1. The zero-order valence-corrected chi connectivity index (χ0v) is 10.5. The molecule has 0 unspecified atom stereocenters. The van der Waals surface area contributed by atoms with Crippen molar-refractivity contribution in [2.24, 2.45) is 11.1 Å². The lowest BCUT2D eigenvalue weighted by Crippen LogP contribution is -2.39. The Morgan fingerprint density at radius 2 is 2.18 bits per heavy atom. The third-order valence-electron chi connectivity index (χ3n) is 3.90. The van der Waals surface area contributed by atoms with Crippen molar-refractivity contribution < 1.29 is 4.79 Å². The van der Waals surface area contributed by atoms with Crippen LogP contribution in [0.4, 0.5) is 0 Å². The highest BCUT2D eigenvalue weighted by molar-refractivity contribution is 5.81. The average molecular weight is 231 g/mol. The molecule has 1 aromatic rings. The molecular formula is C15H21NO.